The molecule has 2 atom stereocenters. The predicted octanol–water partition coefficient (Wildman–Crippen LogP) is 2.11. The molecule has 88 valence electrons. The summed E-state index contributed by atoms with van der Waals surface area (Å²) in [5, 5.41) is 3.80. The number of piperidine rings is 1. The van der Waals surface area contributed by atoms with Crippen LogP contribution in [0.2, 0.25) is 0 Å². The summed E-state index contributed by atoms with van der Waals surface area (Å²) in [5.74, 6) is 1.85. The standard InChI is InChI=1S/C13H26N2/c1-11-4-3-5-13(11)14-10-12-6-8-15(2)9-7-12/h11-14H,3-10H2,1-2H3. The van der Waals surface area contributed by atoms with E-state index < -0.39 is 0 Å². The molecule has 1 saturated heterocycles. The third kappa shape index (κ3) is 3.18. The average Bonchev–Trinajstić information content (AvgIpc) is 2.63. The zero-order chi connectivity index (χ0) is 10.7. The number of nitrogens with zero attached hydrogens (tertiary/aromatic N) is 1. The van der Waals surface area contributed by atoms with Crippen LogP contribution in [0.25, 0.3) is 0 Å². The maximum absolute atomic E-state index is 3.80. The first-order valence-corrected chi connectivity index (χ1v) is 6.67. The van der Waals surface area contributed by atoms with E-state index in [4.69, 9.17) is 0 Å². The second-order valence-electron chi connectivity index (χ2n) is 5.67. The molecule has 1 aliphatic heterocycles. The van der Waals surface area contributed by atoms with Crippen LogP contribution in [0.1, 0.15) is 39.0 Å². The van der Waals surface area contributed by atoms with Crippen LogP contribution in [-0.4, -0.2) is 37.6 Å². The molecule has 2 rings (SSSR count). The van der Waals surface area contributed by atoms with E-state index in [1.54, 1.807) is 0 Å². The number of rotatable bonds is 3. The highest BCUT2D eigenvalue weighted by Crippen LogP contribution is 2.25. The normalized spacial score (nSPS) is 34.8. The summed E-state index contributed by atoms with van der Waals surface area (Å²) in [6, 6.07) is 0.824. The molecule has 0 aromatic rings. The molecule has 15 heavy (non-hydrogen) atoms. The van der Waals surface area contributed by atoms with E-state index in [2.05, 4.69) is 24.2 Å². The molecule has 0 bridgehead atoms. The fraction of sp³-hybridized carbons (Fsp3) is 1.00. The van der Waals surface area contributed by atoms with E-state index in [-0.39, 0.29) is 0 Å². The number of likely N-dealkylation sites (tertiary alicyclic amines) is 1. The van der Waals surface area contributed by atoms with Gasteiger partial charge in [-0.1, -0.05) is 13.3 Å². The Labute approximate surface area is 94.4 Å². The first-order chi connectivity index (χ1) is 7.25. The van der Waals surface area contributed by atoms with Gasteiger partial charge in [0.1, 0.15) is 0 Å². The molecule has 2 fully saturated rings. The third-order valence-electron chi connectivity index (χ3n) is 4.37. The van der Waals surface area contributed by atoms with Gasteiger partial charge in [-0.25, -0.2) is 0 Å². The topological polar surface area (TPSA) is 15.3 Å². The summed E-state index contributed by atoms with van der Waals surface area (Å²) >= 11 is 0. The highest BCUT2D eigenvalue weighted by molar-refractivity contribution is 4.82. The molecule has 2 heteroatoms. The highest BCUT2D eigenvalue weighted by Gasteiger charge is 2.24. The molecule has 2 unspecified atom stereocenters. The molecule has 0 amide bonds. The van der Waals surface area contributed by atoms with Crippen molar-refractivity contribution >= 4 is 0 Å². The summed E-state index contributed by atoms with van der Waals surface area (Å²) in [7, 11) is 2.24. The van der Waals surface area contributed by atoms with E-state index in [1.165, 1.54) is 51.7 Å². The third-order valence-corrected chi connectivity index (χ3v) is 4.37. The van der Waals surface area contributed by atoms with Crippen molar-refractivity contribution in [3.05, 3.63) is 0 Å². The Morgan fingerprint density at radius 3 is 2.47 bits per heavy atom. The minimum Gasteiger partial charge on any atom is -0.313 e. The summed E-state index contributed by atoms with van der Waals surface area (Å²) in [6.45, 7) is 6.27. The van der Waals surface area contributed by atoms with Gasteiger partial charge in [0.25, 0.3) is 0 Å². The lowest BCUT2D eigenvalue weighted by Crippen LogP contribution is -2.39. The van der Waals surface area contributed by atoms with Gasteiger partial charge in [0.05, 0.1) is 0 Å². The molecule has 2 nitrogen and oxygen atoms in total. The Bertz CT molecular complexity index is 185. The zero-order valence-corrected chi connectivity index (χ0v) is 10.3. The Kier molecular flexibility index (Phi) is 4.04. The van der Waals surface area contributed by atoms with Crippen LogP contribution in [0.5, 0.6) is 0 Å². The van der Waals surface area contributed by atoms with Crippen molar-refractivity contribution in [1.29, 1.82) is 0 Å². The number of hydrogen-bond donors (Lipinski definition) is 1. The molecule has 0 aromatic carbocycles. The predicted molar refractivity (Wildman–Crippen MR) is 65.0 cm³/mol. The summed E-state index contributed by atoms with van der Waals surface area (Å²) in [6.07, 6.45) is 7.07. The van der Waals surface area contributed by atoms with E-state index in [9.17, 15) is 0 Å². The minimum atomic E-state index is 0.824. The lowest BCUT2D eigenvalue weighted by Gasteiger charge is -2.30. The molecule has 1 heterocycles. The zero-order valence-electron chi connectivity index (χ0n) is 10.3. The molecular formula is C13H26N2. The maximum Gasteiger partial charge on any atom is 0.00928 e. The van der Waals surface area contributed by atoms with Gasteiger partial charge in [0.2, 0.25) is 0 Å². The van der Waals surface area contributed by atoms with Crippen molar-refractivity contribution in [2.45, 2.75) is 45.1 Å². The Morgan fingerprint density at radius 2 is 1.87 bits per heavy atom. The van der Waals surface area contributed by atoms with Crippen LogP contribution >= 0.6 is 0 Å². The van der Waals surface area contributed by atoms with Crippen molar-refractivity contribution in [3.63, 3.8) is 0 Å². The average molecular weight is 210 g/mol. The monoisotopic (exact) mass is 210 g/mol. The minimum absolute atomic E-state index is 0.824. The van der Waals surface area contributed by atoms with E-state index in [0.717, 1.165) is 17.9 Å². The fourth-order valence-electron chi connectivity index (χ4n) is 3.03. The van der Waals surface area contributed by atoms with Gasteiger partial charge in [0.15, 0.2) is 0 Å². The van der Waals surface area contributed by atoms with E-state index >= 15 is 0 Å². The van der Waals surface area contributed by atoms with Crippen molar-refractivity contribution in [2.75, 3.05) is 26.7 Å². The summed E-state index contributed by atoms with van der Waals surface area (Å²) < 4.78 is 0. The van der Waals surface area contributed by atoms with Crippen molar-refractivity contribution in [1.82, 2.24) is 10.2 Å². The van der Waals surface area contributed by atoms with Crippen molar-refractivity contribution in [3.8, 4) is 0 Å². The highest BCUT2D eigenvalue weighted by atomic mass is 15.1. The molecule has 0 radical (unpaired) electrons. The van der Waals surface area contributed by atoms with Gasteiger partial charge < -0.3 is 10.2 Å². The second-order valence-corrected chi connectivity index (χ2v) is 5.67. The van der Waals surface area contributed by atoms with Gasteiger partial charge >= 0.3 is 0 Å². The maximum atomic E-state index is 3.80. The van der Waals surface area contributed by atoms with Gasteiger partial charge in [-0.15, -0.1) is 0 Å². The van der Waals surface area contributed by atoms with Crippen LogP contribution in [0.15, 0.2) is 0 Å². The largest absolute Gasteiger partial charge is 0.313 e. The van der Waals surface area contributed by atoms with Crippen LogP contribution in [-0.2, 0) is 0 Å². The Morgan fingerprint density at radius 1 is 1.13 bits per heavy atom. The number of hydrogen-bond acceptors (Lipinski definition) is 2. The van der Waals surface area contributed by atoms with Gasteiger partial charge in [-0.2, -0.15) is 0 Å². The van der Waals surface area contributed by atoms with Crippen LogP contribution in [0, 0.1) is 11.8 Å². The molecule has 1 aliphatic carbocycles. The van der Waals surface area contributed by atoms with Crippen molar-refractivity contribution < 1.29 is 0 Å². The lowest BCUT2D eigenvalue weighted by atomic mass is 9.96. The molecule has 1 saturated carbocycles. The quantitative estimate of drug-likeness (QED) is 0.767. The lowest BCUT2D eigenvalue weighted by molar-refractivity contribution is 0.210. The van der Waals surface area contributed by atoms with Crippen LogP contribution in [0.3, 0.4) is 0 Å². The molecule has 0 spiro atoms. The van der Waals surface area contributed by atoms with E-state index in [0.29, 0.717) is 0 Å². The van der Waals surface area contributed by atoms with E-state index in [1.807, 2.05) is 0 Å². The van der Waals surface area contributed by atoms with Crippen LogP contribution < -0.4 is 5.32 Å². The molecule has 2 aliphatic rings. The second kappa shape index (κ2) is 5.31. The molecule has 0 aromatic heterocycles. The van der Waals surface area contributed by atoms with Gasteiger partial charge in [-0.3, -0.25) is 0 Å². The Hall–Kier alpha value is -0.0800. The molecular weight excluding hydrogens is 184 g/mol. The van der Waals surface area contributed by atoms with Gasteiger partial charge in [0, 0.05) is 6.04 Å². The summed E-state index contributed by atoms with van der Waals surface area (Å²) in [5.41, 5.74) is 0. The van der Waals surface area contributed by atoms with Crippen molar-refractivity contribution in [2.24, 2.45) is 11.8 Å². The molecule has 1 N–H and O–H groups in total. The fourth-order valence-corrected chi connectivity index (χ4v) is 3.03. The smallest absolute Gasteiger partial charge is 0.00928 e. The van der Waals surface area contributed by atoms with Crippen LogP contribution in [0.4, 0.5) is 0 Å². The first kappa shape index (κ1) is 11.4. The SMILES string of the molecule is CC1CCCC1NCC1CCN(C)CC1. The first-order valence-electron chi connectivity index (χ1n) is 6.67. The van der Waals surface area contributed by atoms with Gasteiger partial charge in [-0.05, 0) is 64.2 Å². The Balaban J connectivity index is 1.65. The summed E-state index contributed by atoms with van der Waals surface area (Å²) in [4.78, 5) is 2.45. The number of nitrogens with one attached hydrogen (secondary N) is 1.